The summed E-state index contributed by atoms with van der Waals surface area (Å²) in [6.45, 7) is 2.48. The molecule has 1 aromatic heterocycles. The van der Waals surface area contributed by atoms with E-state index in [2.05, 4.69) is 5.32 Å². The maximum absolute atomic E-state index is 12.9. The fraction of sp³-hybridized carbons (Fsp3) is 0.192. The van der Waals surface area contributed by atoms with Crippen LogP contribution in [0.4, 0.5) is 4.79 Å². The van der Waals surface area contributed by atoms with Crippen molar-refractivity contribution in [3.63, 3.8) is 0 Å². The first-order chi connectivity index (χ1) is 16.4. The molecule has 3 N–H and O–H groups in total. The van der Waals surface area contributed by atoms with E-state index in [1.54, 1.807) is 12.1 Å². The zero-order valence-corrected chi connectivity index (χ0v) is 18.6. The summed E-state index contributed by atoms with van der Waals surface area (Å²) in [7, 11) is 0. The van der Waals surface area contributed by atoms with Crippen molar-refractivity contribution in [1.82, 2.24) is 15.2 Å². The molecule has 4 rings (SSSR count). The number of imide groups is 1. The van der Waals surface area contributed by atoms with Crippen LogP contribution in [-0.4, -0.2) is 40.1 Å². The van der Waals surface area contributed by atoms with Crippen molar-refractivity contribution in [3.8, 4) is 0 Å². The standard InChI is InChI=1S/C26H25N3O5/c1-17-9-11-19(12-10-17)23(30)21-8-4-14-29(21)13-3-6-18-5-2-7-20(15-18)24(31)27-16-22-25(32)28-26(33)34-22/h2-12,14-15,22,24,27,31H,13,16H2,1H3,(H,28,32,33)/b6-3+. The van der Waals surface area contributed by atoms with Gasteiger partial charge in [-0.25, -0.2) is 4.79 Å². The van der Waals surface area contributed by atoms with Crippen LogP contribution in [0.25, 0.3) is 6.08 Å². The molecule has 0 bridgehead atoms. The highest BCUT2D eigenvalue weighted by molar-refractivity contribution is 6.08. The number of nitrogens with one attached hydrogen (secondary N) is 2. The second kappa shape index (κ2) is 10.3. The molecule has 174 valence electrons. The number of nitrogens with zero attached hydrogens (tertiary/aromatic N) is 1. The maximum atomic E-state index is 12.9. The zero-order chi connectivity index (χ0) is 24.1. The lowest BCUT2D eigenvalue weighted by molar-refractivity contribution is -0.123. The van der Waals surface area contributed by atoms with Gasteiger partial charge in [0.1, 0.15) is 6.23 Å². The van der Waals surface area contributed by atoms with Gasteiger partial charge >= 0.3 is 6.09 Å². The van der Waals surface area contributed by atoms with E-state index in [1.165, 1.54) is 0 Å². The van der Waals surface area contributed by atoms with Gasteiger partial charge in [-0.2, -0.15) is 0 Å². The van der Waals surface area contributed by atoms with Gasteiger partial charge in [-0.3, -0.25) is 20.2 Å². The number of cyclic esters (lactones) is 1. The van der Waals surface area contributed by atoms with Gasteiger partial charge in [0.25, 0.3) is 5.91 Å². The number of aromatic nitrogens is 1. The number of ketones is 1. The van der Waals surface area contributed by atoms with Crippen LogP contribution in [0.3, 0.4) is 0 Å². The first kappa shape index (κ1) is 23.2. The second-order valence-electron chi connectivity index (χ2n) is 8.01. The molecule has 1 aliphatic heterocycles. The van der Waals surface area contributed by atoms with Crippen LogP contribution >= 0.6 is 0 Å². The summed E-state index contributed by atoms with van der Waals surface area (Å²) >= 11 is 0. The predicted octanol–water partition coefficient (Wildman–Crippen LogP) is 2.96. The topological polar surface area (TPSA) is 110 Å². The first-order valence-electron chi connectivity index (χ1n) is 10.9. The van der Waals surface area contributed by atoms with Crippen LogP contribution in [0.2, 0.25) is 0 Å². The molecule has 1 fully saturated rings. The van der Waals surface area contributed by atoms with Gasteiger partial charge in [-0.1, -0.05) is 60.2 Å². The van der Waals surface area contributed by atoms with Crippen LogP contribution in [-0.2, 0) is 16.1 Å². The van der Waals surface area contributed by atoms with E-state index >= 15 is 0 Å². The third-order valence-corrected chi connectivity index (χ3v) is 5.48. The average Bonchev–Trinajstić information content (AvgIpc) is 3.43. The van der Waals surface area contributed by atoms with E-state index < -0.39 is 24.3 Å². The van der Waals surface area contributed by atoms with Gasteiger partial charge in [-0.05, 0) is 36.2 Å². The number of hydrogen-bond acceptors (Lipinski definition) is 6. The fourth-order valence-corrected chi connectivity index (χ4v) is 3.63. The van der Waals surface area contributed by atoms with Gasteiger partial charge in [0.2, 0.25) is 5.78 Å². The molecule has 0 saturated carbocycles. The Morgan fingerprint density at radius 3 is 2.71 bits per heavy atom. The third kappa shape index (κ3) is 5.48. The van der Waals surface area contributed by atoms with E-state index in [0.717, 1.165) is 11.1 Å². The van der Waals surface area contributed by atoms with Crippen LogP contribution in [0.15, 0.2) is 72.9 Å². The van der Waals surface area contributed by atoms with Gasteiger partial charge in [0, 0.05) is 24.8 Å². The highest BCUT2D eigenvalue weighted by Crippen LogP contribution is 2.16. The number of allylic oxidation sites excluding steroid dienone is 1. The first-order valence-corrected chi connectivity index (χ1v) is 10.9. The molecule has 3 aromatic rings. The lowest BCUT2D eigenvalue weighted by Crippen LogP contribution is -2.35. The number of aliphatic hydroxyl groups excluding tert-OH is 1. The van der Waals surface area contributed by atoms with Crippen molar-refractivity contribution < 1.29 is 24.2 Å². The van der Waals surface area contributed by atoms with Crippen LogP contribution in [0.1, 0.15) is 39.0 Å². The Labute approximate surface area is 196 Å². The smallest absolute Gasteiger partial charge is 0.414 e. The number of aliphatic hydroxyl groups is 1. The quantitative estimate of drug-likeness (QED) is 0.335. The van der Waals surface area contributed by atoms with Crippen LogP contribution in [0, 0.1) is 6.92 Å². The number of amides is 2. The Hall–Kier alpha value is -4.01. The highest BCUT2D eigenvalue weighted by atomic mass is 16.6. The summed E-state index contributed by atoms with van der Waals surface area (Å²) in [5, 5.41) is 15.2. The number of rotatable bonds is 9. The minimum Gasteiger partial charge on any atom is -0.434 e. The molecule has 2 atom stereocenters. The molecule has 2 amide bonds. The molecule has 0 spiro atoms. The molecule has 1 aliphatic rings. The van der Waals surface area contributed by atoms with E-state index in [4.69, 9.17) is 4.74 Å². The molecule has 0 aliphatic carbocycles. The Bertz CT molecular complexity index is 1230. The number of carbonyl (C=O) groups is 3. The van der Waals surface area contributed by atoms with Crippen LogP contribution in [0.5, 0.6) is 0 Å². The summed E-state index contributed by atoms with van der Waals surface area (Å²) in [6, 6.07) is 18.4. The van der Waals surface area contributed by atoms with Crippen molar-refractivity contribution >= 4 is 23.9 Å². The lowest BCUT2D eigenvalue weighted by Gasteiger charge is -2.15. The Morgan fingerprint density at radius 2 is 1.97 bits per heavy atom. The molecule has 2 unspecified atom stereocenters. The second-order valence-corrected chi connectivity index (χ2v) is 8.01. The Morgan fingerprint density at radius 1 is 1.18 bits per heavy atom. The minimum absolute atomic E-state index is 0.00970. The van der Waals surface area contributed by atoms with Crippen molar-refractivity contribution in [1.29, 1.82) is 0 Å². The molecular formula is C26H25N3O5. The van der Waals surface area contributed by atoms with Crippen molar-refractivity contribution in [3.05, 3.63) is 101 Å². The molecule has 2 heterocycles. The summed E-state index contributed by atoms with van der Waals surface area (Å²) in [6.07, 6.45) is 2.91. The van der Waals surface area contributed by atoms with Crippen molar-refractivity contribution in [2.75, 3.05) is 6.54 Å². The summed E-state index contributed by atoms with van der Waals surface area (Å²) < 4.78 is 6.70. The number of aryl methyl sites for hydroxylation is 1. The molecule has 8 heteroatoms. The minimum atomic E-state index is -1.04. The van der Waals surface area contributed by atoms with Gasteiger partial charge < -0.3 is 14.4 Å². The Balaban J connectivity index is 1.37. The molecule has 8 nitrogen and oxygen atoms in total. The normalized spacial score (nSPS) is 16.5. The molecule has 1 saturated heterocycles. The number of ether oxygens (including phenoxy) is 1. The maximum Gasteiger partial charge on any atom is 0.414 e. The largest absolute Gasteiger partial charge is 0.434 e. The highest BCUT2D eigenvalue weighted by Gasteiger charge is 2.32. The van der Waals surface area contributed by atoms with E-state index in [-0.39, 0.29) is 12.3 Å². The molecule has 0 radical (unpaired) electrons. The monoisotopic (exact) mass is 459 g/mol. The summed E-state index contributed by atoms with van der Waals surface area (Å²) in [5.74, 6) is -0.567. The average molecular weight is 460 g/mol. The van der Waals surface area contributed by atoms with E-state index in [0.29, 0.717) is 23.4 Å². The van der Waals surface area contributed by atoms with Crippen molar-refractivity contribution in [2.24, 2.45) is 0 Å². The van der Waals surface area contributed by atoms with Crippen molar-refractivity contribution in [2.45, 2.75) is 25.8 Å². The van der Waals surface area contributed by atoms with Gasteiger partial charge in [0.15, 0.2) is 6.10 Å². The number of hydrogen-bond donors (Lipinski definition) is 3. The fourth-order valence-electron chi connectivity index (χ4n) is 3.63. The zero-order valence-electron chi connectivity index (χ0n) is 18.6. The predicted molar refractivity (Wildman–Crippen MR) is 126 cm³/mol. The van der Waals surface area contributed by atoms with E-state index in [9.17, 15) is 19.5 Å². The number of alkyl carbamates (subject to hydrolysis) is 1. The molecule has 34 heavy (non-hydrogen) atoms. The summed E-state index contributed by atoms with van der Waals surface area (Å²) in [4.78, 5) is 35.5. The summed E-state index contributed by atoms with van der Waals surface area (Å²) in [5.41, 5.74) is 3.82. The van der Waals surface area contributed by atoms with Crippen LogP contribution < -0.4 is 10.6 Å². The Kier molecular flexibility index (Phi) is 7.01. The van der Waals surface area contributed by atoms with E-state index in [1.807, 2.05) is 83.7 Å². The number of carbonyl (C=O) groups excluding carboxylic acids is 3. The number of benzene rings is 2. The molecular weight excluding hydrogens is 434 g/mol. The SMILES string of the molecule is Cc1ccc(C(=O)c2cccn2C/C=C/c2cccc(C(O)NCC3OC(=O)NC3=O)c2)cc1. The van der Waals surface area contributed by atoms with Gasteiger partial charge in [-0.15, -0.1) is 0 Å². The lowest BCUT2D eigenvalue weighted by atomic mass is 10.1. The van der Waals surface area contributed by atoms with Gasteiger partial charge in [0.05, 0.1) is 5.69 Å². The molecule has 2 aromatic carbocycles. The third-order valence-electron chi connectivity index (χ3n) is 5.48.